The van der Waals surface area contributed by atoms with Gasteiger partial charge in [0.05, 0.1) is 28.2 Å². The summed E-state index contributed by atoms with van der Waals surface area (Å²) in [5.74, 6) is 0. The van der Waals surface area contributed by atoms with Gasteiger partial charge in [0.25, 0.3) is 0 Å². The third-order valence-corrected chi connectivity index (χ3v) is 3.75. The van der Waals surface area contributed by atoms with Crippen molar-refractivity contribution in [2.75, 3.05) is 41.3 Å². The Morgan fingerprint density at radius 2 is 0.864 bits per heavy atom. The van der Waals surface area contributed by atoms with Gasteiger partial charge in [-0.25, -0.2) is 0 Å². The monoisotopic (exact) mass is 432 g/mol. The molecule has 2 rings (SSSR count). The Morgan fingerprint density at radius 1 is 0.591 bits per heavy atom. The maximum absolute atomic E-state index is 2.90. The van der Waals surface area contributed by atoms with Gasteiger partial charge < -0.3 is 9.80 Å². The van der Waals surface area contributed by atoms with E-state index in [1.807, 2.05) is 60.7 Å². The number of rotatable bonds is 3. The molecule has 0 fully saturated rings. The number of quaternary nitrogens is 2. The van der Waals surface area contributed by atoms with Crippen molar-refractivity contribution in [2.24, 2.45) is 0 Å². The Labute approximate surface area is 152 Å². The summed E-state index contributed by atoms with van der Waals surface area (Å²) in [6.07, 6.45) is 0. The van der Waals surface area contributed by atoms with E-state index in [1.165, 1.54) is 31.8 Å². The van der Waals surface area contributed by atoms with Gasteiger partial charge in [-0.1, -0.05) is 0 Å². The molecule has 0 heterocycles. The molecular weight excluding hydrogens is 402 g/mol. The molecule has 0 amide bonds. The number of hydrogen-bond donors (Lipinski definition) is 2. The standard InChI is InChI=1S/C6H16N2.2C6H6Se/c1-7(2)5-6-8(3)4;2*7-6-4-2-1-3-5-6/h5-6H2,1-4H3;2*1-5,7H. The third kappa shape index (κ3) is 15.8. The van der Waals surface area contributed by atoms with Gasteiger partial charge in [-0.3, -0.25) is 0 Å². The van der Waals surface area contributed by atoms with Crippen LogP contribution in [0.2, 0.25) is 0 Å². The molecular formula is C18H28N2Se2. The summed E-state index contributed by atoms with van der Waals surface area (Å²) >= 11 is 5.80. The van der Waals surface area contributed by atoms with Crippen molar-refractivity contribution >= 4 is 40.9 Å². The van der Waals surface area contributed by atoms with Crippen LogP contribution in [-0.2, 0) is 0 Å². The Balaban J connectivity index is 0.000000301. The first-order valence-electron chi connectivity index (χ1n) is 7.44. The molecule has 2 aromatic rings. The van der Waals surface area contributed by atoms with E-state index in [4.69, 9.17) is 0 Å². The van der Waals surface area contributed by atoms with E-state index in [0.29, 0.717) is 0 Å². The fraction of sp³-hybridized carbons (Fsp3) is 0.333. The minimum atomic E-state index is 1.20. The van der Waals surface area contributed by atoms with Crippen LogP contribution in [0.1, 0.15) is 0 Å². The third-order valence-electron chi connectivity index (χ3n) is 2.61. The molecule has 4 heteroatoms. The van der Waals surface area contributed by atoms with Crippen LogP contribution >= 0.6 is 0 Å². The van der Waals surface area contributed by atoms with E-state index in [9.17, 15) is 0 Å². The van der Waals surface area contributed by atoms with Gasteiger partial charge in [-0.15, -0.1) is 0 Å². The van der Waals surface area contributed by atoms with Crippen LogP contribution < -0.4 is 18.7 Å². The molecule has 0 saturated heterocycles. The van der Waals surface area contributed by atoms with Gasteiger partial charge in [0.1, 0.15) is 13.1 Å². The Bertz CT molecular complexity index is 414. The molecule has 22 heavy (non-hydrogen) atoms. The van der Waals surface area contributed by atoms with Crippen LogP contribution in [0.15, 0.2) is 60.7 Å². The summed E-state index contributed by atoms with van der Waals surface area (Å²) in [5.41, 5.74) is 0. The van der Waals surface area contributed by atoms with Crippen molar-refractivity contribution < 1.29 is 9.80 Å². The second kappa shape index (κ2) is 14.0. The molecule has 122 valence electrons. The molecule has 0 aliphatic rings. The number of likely N-dealkylation sites (N-methyl/N-ethyl adjacent to an activating group) is 2. The van der Waals surface area contributed by atoms with E-state index in [-0.39, 0.29) is 0 Å². The zero-order valence-electron chi connectivity index (χ0n) is 14.0. The fourth-order valence-electron chi connectivity index (χ4n) is 1.34. The average molecular weight is 430 g/mol. The maximum atomic E-state index is 2.90. The van der Waals surface area contributed by atoms with Gasteiger partial charge in [-0.2, -0.15) is 0 Å². The topological polar surface area (TPSA) is 8.88 Å². The molecule has 0 radical (unpaired) electrons. The van der Waals surface area contributed by atoms with Gasteiger partial charge in [-0.05, 0) is 0 Å². The van der Waals surface area contributed by atoms with Crippen molar-refractivity contribution in [1.29, 1.82) is 0 Å². The normalized spacial score (nSPS) is 9.55. The molecule has 0 spiro atoms. The zero-order valence-corrected chi connectivity index (χ0v) is 17.4. The molecule has 0 bridgehead atoms. The molecule has 2 nitrogen and oxygen atoms in total. The van der Waals surface area contributed by atoms with Crippen molar-refractivity contribution in [3.8, 4) is 0 Å². The van der Waals surface area contributed by atoms with Crippen molar-refractivity contribution in [3.05, 3.63) is 60.7 Å². The van der Waals surface area contributed by atoms with Crippen molar-refractivity contribution in [1.82, 2.24) is 0 Å². The summed E-state index contributed by atoms with van der Waals surface area (Å²) in [4.78, 5) is 3.07. The zero-order chi connectivity index (χ0) is 16.8. The molecule has 0 saturated carbocycles. The number of benzene rings is 2. The van der Waals surface area contributed by atoms with E-state index < -0.39 is 0 Å². The van der Waals surface area contributed by atoms with Crippen LogP contribution in [0.3, 0.4) is 0 Å². The summed E-state index contributed by atoms with van der Waals surface area (Å²) in [7, 11) is 8.73. The Kier molecular flexibility index (Phi) is 13.6. The summed E-state index contributed by atoms with van der Waals surface area (Å²) < 4.78 is 2.39. The predicted molar refractivity (Wildman–Crippen MR) is 99.0 cm³/mol. The van der Waals surface area contributed by atoms with Crippen LogP contribution in [-0.4, -0.2) is 73.3 Å². The fourth-order valence-corrected chi connectivity index (χ4v) is 2.00. The molecule has 2 N–H and O–H groups in total. The van der Waals surface area contributed by atoms with Gasteiger partial charge in [0, 0.05) is 0 Å². The summed E-state index contributed by atoms with van der Waals surface area (Å²) in [6, 6.07) is 20.1. The number of hydrogen-bond acceptors (Lipinski definition) is 0. The molecule has 0 aliphatic heterocycles. The predicted octanol–water partition coefficient (Wildman–Crippen LogP) is -1.76. The molecule has 2 aromatic carbocycles. The Hall–Kier alpha value is -0.601. The van der Waals surface area contributed by atoms with Crippen LogP contribution in [0, 0.1) is 0 Å². The molecule has 0 aliphatic carbocycles. The van der Waals surface area contributed by atoms with Crippen molar-refractivity contribution in [2.45, 2.75) is 0 Å². The van der Waals surface area contributed by atoms with E-state index in [2.05, 4.69) is 60.2 Å². The van der Waals surface area contributed by atoms with Gasteiger partial charge in [0.15, 0.2) is 0 Å². The minimum absolute atomic E-state index is 1.20. The first-order valence-corrected chi connectivity index (χ1v) is 9.15. The molecule has 0 unspecified atom stereocenters. The summed E-state index contributed by atoms with van der Waals surface area (Å²) in [6.45, 7) is 2.53. The summed E-state index contributed by atoms with van der Waals surface area (Å²) in [5, 5.41) is 0. The van der Waals surface area contributed by atoms with Crippen LogP contribution in [0.4, 0.5) is 0 Å². The molecule has 0 aromatic heterocycles. The second-order valence-electron chi connectivity index (χ2n) is 5.54. The first-order chi connectivity index (χ1) is 10.4. The quantitative estimate of drug-likeness (QED) is 0.534. The van der Waals surface area contributed by atoms with E-state index in [0.717, 1.165) is 0 Å². The van der Waals surface area contributed by atoms with Gasteiger partial charge >= 0.3 is 102 Å². The van der Waals surface area contributed by atoms with Gasteiger partial charge in [0.2, 0.25) is 0 Å². The van der Waals surface area contributed by atoms with Crippen LogP contribution in [0.25, 0.3) is 0 Å². The van der Waals surface area contributed by atoms with Crippen LogP contribution in [0.5, 0.6) is 0 Å². The van der Waals surface area contributed by atoms with E-state index >= 15 is 0 Å². The van der Waals surface area contributed by atoms with Crippen molar-refractivity contribution in [3.63, 3.8) is 0 Å². The second-order valence-corrected chi connectivity index (χ2v) is 7.52. The van der Waals surface area contributed by atoms with E-state index in [1.54, 1.807) is 0 Å². The first kappa shape index (κ1) is 21.4. The SMILES string of the molecule is C[NH+](C)CC[NH+](C)C.[Se-]c1ccccc1.[Se-]c1ccccc1. The molecule has 0 atom stereocenters. The Morgan fingerprint density at radius 3 is 1.00 bits per heavy atom. The average Bonchev–Trinajstić information content (AvgIpc) is 2.48. The number of nitrogens with one attached hydrogen (secondary N) is 2.